The molecule has 0 spiro atoms. The number of benzene rings is 1. The van der Waals surface area contributed by atoms with Crippen LogP contribution in [-0.2, 0) is 0 Å². The number of nitrogens with one attached hydrogen (secondary N) is 1. The fourth-order valence-electron chi connectivity index (χ4n) is 1.57. The van der Waals surface area contributed by atoms with Gasteiger partial charge in [-0.15, -0.1) is 0 Å². The molecule has 18 heavy (non-hydrogen) atoms. The third kappa shape index (κ3) is 2.68. The van der Waals surface area contributed by atoms with Crippen molar-refractivity contribution in [2.24, 2.45) is 0 Å². The molecular weight excluding hydrogens is 294 g/mol. The van der Waals surface area contributed by atoms with Gasteiger partial charge < -0.3 is 11.1 Å². The Morgan fingerprint density at radius 3 is 2.83 bits per heavy atom. The van der Waals surface area contributed by atoms with E-state index in [2.05, 4.69) is 26.2 Å². The summed E-state index contributed by atoms with van der Waals surface area (Å²) in [6.45, 7) is 1.93. The van der Waals surface area contributed by atoms with Gasteiger partial charge in [-0.25, -0.2) is 0 Å². The van der Waals surface area contributed by atoms with Crippen LogP contribution in [0.1, 0.15) is 15.9 Å². The van der Waals surface area contributed by atoms with Gasteiger partial charge in [0.25, 0.3) is 5.91 Å². The lowest BCUT2D eigenvalue weighted by Crippen LogP contribution is -2.14. The molecule has 0 aliphatic rings. The number of carbonyl (C=O) groups excluding carboxylic acids is 1. The molecule has 2 aromatic rings. The number of anilines is 2. The number of hydrogen-bond acceptors (Lipinski definition) is 3. The average molecular weight is 306 g/mol. The number of nitrogens with two attached hydrogens (primary N) is 1. The van der Waals surface area contributed by atoms with Crippen molar-refractivity contribution in [1.29, 1.82) is 0 Å². The van der Waals surface area contributed by atoms with Crippen LogP contribution in [0.5, 0.6) is 0 Å². The number of nitrogens with zero attached hydrogens (tertiary/aromatic N) is 1. The van der Waals surface area contributed by atoms with Crippen LogP contribution in [0.15, 0.2) is 41.1 Å². The third-order valence-electron chi connectivity index (χ3n) is 2.53. The largest absolute Gasteiger partial charge is 0.397 e. The molecule has 5 heteroatoms. The van der Waals surface area contributed by atoms with E-state index >= 15 is 0 Å². The molecule has 0 saturated carbocycles. The lowest BCUT2D eigenvalue weighted by atomic mass is 10.1. The zero-order chi connectivity index (χ0) is 13.1. The molecule has 2 rings (SSSR count). The highest BCUT2D eigenvalue weighted by atomic mass is 79.9. The number of halogens is 1. The molecule has 0 radical (unpaired) electrons. The number of aryl methyl sites for hydroxylation is 1. The predicted molar refractivity (Wildman–Crippen MR) is 75.5 cm³/mol. The van der Waals surface area contributed by atoms with Crippen molar-refractivity contribution in [3.63, 3.8) is 0 Å². The Hall–Kier alpha value is -1.88. The van der Waals surface area contributed by atoms with Gasteiger partial charge in [-0.05, 0) is 36.8 Å². The molecule has 92 valence electrons. The van der Waals surface area contributed by atoms with Gasteiger partial charge in [0.1, 0.15) is 0 Å². The van der Waals surface area contributed by atoms with E-state index in [4.69, 9.17) is 5.73 Å². The van der Waals surface area contributed by atoms with Crippen molar-refractivity contribution >= 4 is 33.2 Å². The number of aromatic nitrogens is 1. The van der Waals surface area contributed by atoms with Gasteiger partial charge >= 0.3 is 0 Å². The molecule has 3 N–H and O–H groups in total. The van der Waals surface area contributed by atoms with Gasteiger partial charge in [-0.2, -0.15) is 0 Å². The third-order valence-corrected chi connectivity index (χ3v) is 3.03. The predicted octanol–water partition coefficient (Wildman–Crippen LogP) is 2.99. The van der Waals surface area contributed by atoms with Crippen LogP contribution < -0.4 is 11.1 Å². The first kappa shape index (κ1) is 12.6. The molecule has 0 bridgehead atoms. The Morgan fingerprint density at radius 2 is 2.17 bits per heavy atom. The second-order valence-corrected chi connectivity index (χ2v) is 4.79. The van der Waals surface area contributed by atoms with E-state index in [9.17, 15) is 4.79 Å². The Labute approximate surface area is 113 Å². The first-order valence-electron chi connectivity index (χ1n) is 5.35. The smallest absolute Gasteiger partial charge is 0.257 e. The molecule has 1 heterocycles. The van der Waals surface area contributed by atoms with Crippen LogP contribution in [0.25, 0.3) is 0 Å². The highest BCUT2D eigenvalue weighted by molar-refractivity contribution is 9.10. The van der Waals surface area contributed by atoms with E-state index < -0.39 is 0 Å². The topological polar surface area (TPSA) is 68.0 Å². The van der Waals surface area contributed by atoms with E-state index in [-0.39, 0.29) is 5.91 Å². The molecule has 0 unspecified atom stereocenters. The molecular formula is C13H12BrN3O. The Bertz CT molecular complexity index is 599. The first-order valence-corrected chi connectivity index (χ1v) is 6.14. The van der Waals surface area contributed by atoms with Gasteiger partial charge in [0.05, 0.1) is 17.4 Å². The fourth-order valence-corrected chi connectivity index (χ4v) is 2.05. The van der Waals surface area contributed by atoms with Crippen molar-refractivity contribution in [3.05, 3.63) is 52.3 Å². The van der Waals surface area contributed by atoms with E-state index in [0.717, 1.165) is 15.7 Å². The summed E-state index contributed by atoms with van der Waals surface area (Å²) in [5, 5.41) is 2.83. The number of pyridine rings is 1. The zero-order valence-electron chi connectivity index (χ0n) is 9.77. The van der Waals surface area contributed by atoms with Crippen molar-refractivity contribution in [3.8, 4) is 0 Å². The van der Waals surface area contributed by atoms with Gasteiger partial charge in [0.15, 0.2) is 0 Å². The lowest BCUT2D eigenvalue weighted by molar-refractivity contribution is 0.102. The number of rotatable bonds is 2. The quantitative estimate of drug-likeness (QED) is 0.896. The minimum absolute atomic E-state index is 0.236. The summed E-state index contributed by atoms with van der Waals surface area (Å²) in [6, 6.07) is 7.25. The monoisotopic (exact) mass is 305 g/mol. The number of carbonyl (C=O) groups is 1. The maximum Gasteiger partial charge on any atom is 0.257 e. The molecule has 0 saturated heterocycles. The summed E-state index contributed by atoms with van der Waals surface area (Å²) in [6.07, 6.45) is 3.00. The van der Waals surface area contributed by atoms with E-state index in [0.29, 0.717) is 11.3 Å². The molecule has 4 nitrogen and oxygen atoms in total. The first-order chi connectivity index (χ1) is 8.58. The molecule has 0 aliphatic carbocycles. The summed E-state index contributed by atoms with van der Waals surface area (Å²) in [5.74, 6) is -0.236. The van der Waals surface area contributed by atoms with Crippen molar-refractivity contribution in [2.45, 2.75) is 6.92 Å². The van der Waals surface area contributed by atoms with E-state index in [1.165, 1.54) is 6.20 Å². The van der Waals surface area contributed by atoms with Crippen molar-refractivity contribution in [2.75, 3.05) is 11.1 Å². The summed E-state index contributed by atoms with van der Waals surface area (Å²) in [5.41, 5.74) is 8.24. The summed E-state index contributed by atoms with van der Waals surface area (Å²) in [4.78, 5) is 15.9. The summed E-state index contributed by atoms with van der Waals surface area (Å²) >= 11 is 3.38. The Morgan fingerprint density at radius 1 is 1.39 bits per heavy atom. The number of nitrogen functional groups attached to an aromatic ring is 1. The van der Waals surface area contributed by atoms with Crippen molar-refractivity contribution < 1.29 is 4.79 Å². The maximum absolute atomic E-state index is 12.0. The molecule has 1 amide bonds. The van der Waals surface area contributed by atoms with Crippen LogP contribution in [0.2, 0.25) is 0 Å². The molecule has 1 aromatic carbocycles. The SMILES string of the molecule is Cc1cc(Br)ccc1NC(=O)c1ccncc1N. The second-order valence-electron chi connectivity index (χ2n) is 3.88. The van der Waals surface area contributed by atoms with E-state index in [1.807, 2.05) is 25.1 Å². The Balaban J connectivity index is 2.24. The maximum atomic E-state index is 12.0. The minimum Gasteiger partial charge on any atom is -0.397 e. The second kappa shape index (κ2) is 5.18. The lowest BCUT2D eigenvalue weighted by Gasteiger charge is -2.09. The fraction of sp³-hybridized carbons (Fsp3) is 0.0769. The van der Waals surface area contributed by atoms with Gasteiger partial charge in [0.2, 0.25) is 0 Å². The molecule has 0 fully saturated rings. The minimum atomic E-state index is -0.236. The van der Waals surface area contributed by atoms with E-state index in [1.54, 1.807) is 12.3 Å². The summed E-state index contributed by atoms with van der Waals surface area (Å²) < 4.78 is 0.974. The highest BCUT2D eigenvalue weighted by Gasteiger charge is 2.10. The number of hydrogen-bond donors (Lipinski definition) is 2. The highest BCUT2D eigenvalue weighted by Crippen LogP contribution is 2.21. The standard InChI is InChI=1S/C13H12BrN3O/c1-8-6-9(14)2-3-12(8)17-13(18)10-4-5-16-7-11(10)15/h2-7H,15H2,1H3,(H,17,18). The van der Waals surface area contributed by atoms with Crippen LogP contribution in [-0.4, -0.2) is 10.9 Å². The zero-order valence-corrected chi connectivity index (χ0v) is 11.4. The van der Waals surface area contributed by atoms with Crippen LogP contribution in [0.4, 0.5) is 11.4 Å². The molecule has 1 aromatic heterocycles. The normalized spacial score (nSPS) is 10.1. The Kier molecular flexibility index (Phi) is 3.62. The molecule has 0 aliphatic heterocycles. The van der Waals surface area contributed by atoms with Crippen LogP contribution in [0.3, 0.4) is 0 Å². The van der Waals surface area contributed by atoms with Crippen LogP contribution >= 0.6 is 15.9 Å². The van der Waals surface area contributed by atoms with Gasteiger partial charge in [0, 0.05) is 16.4 Å². The molecule has 0 atom stereocenters. The van der Waals surface area contributed by atoms with Gasteiger partial charge in [-0.1, -0.05) is 15.9 Å². The number of amides is 1. The van der Waals surface area contributed by atoms with Crippen molar-refractivity contribution in [1.82, 2.24) is 4.98 Å². The van der Waals surface area contributed by atoms with Gasteiger partial charge in [-0.3, -0.25) is 9.78 Å². The van der Waals surface area contributed by atoms with Crippen LogP contribution in [0, 0.1) is 6.92 Å². The average Bonchev–Trinajstić information content (AvgIpc) is 2.33. The summed E-state index contributed by atoms with van der Waals surface area (Å²) in [7, 11) is 0.